The maximum absolute atomic E-state index is 12.0. The minimum atomic E-state index is -0.450. The van der Waals surface area contributed by atoms with Gasteiger partial charge in [-0.3, -0.25) is 14.6 Å². The average molecular weight is 233 g/mol. The lowest BCUT2D eigenvalue weighted by Crippen LogP contribution is -2.42. The van der Waals surface area contributed by atoms with Gasteiger partial charge < -0.3 is 10.2 Å². The predicted octanol–water partition coefficient (Wildman–Crippen LogP) is 0.319. The molecule has 17 heavy (non-hydrogen) atoms. The van der Waals surface area contributed by atoms with E-state index in [1.807, 2.05) is 18.2 Å². The highest BCUT2D eigenvalue weighted by Crippen LogP contribution is 2.07. The molecule has 2 rings (SSSR count). The molecule has 1 fully saturated rings. The highest BCUT2D eigenvalue weighted by Gasteiger charge is 2.26. The molecule has 0 aliphatic carbocycles. The van der Waals surface area contributed by atoms with Gasteiger partial charge in [-0.2, -0.15) is 0 Å². The number of amides is 2. The Hall–Kier alpha value is -1.91. The lowest BCUT2D eigenvalue weighted by atomic mass is 10.2. The Morgan fingerprint density at radius 3 is 3.00 bits per heavy atom. The van der Waals surface area contributed by atoms with Gasteiger partial charge >= 0.3 is 0 Å². The van der Waals surface area contributed by atoms with Gasteiger partial charge in [0.05, 0.1) is 12.2 Å². The molecule has 1 atom stereocenters. The zero-order chi connectivity index (χ0) is 12.3. The summed E-state index contributed by atoms with van der Waals surface area (Å²) in [7, 11) is 0. The molecule has 0 radical (unpaired) electrons. The van der Waals surface area contributed by atoms with Gasteiger partial charge in [0.2, 0.25) is 11.8 Å². The first-order chi connectivity index (χ1) is 8.16. The molecule has 1 N–H and O–H groups in total. The molecule has 5 nitrogen and oxygen atoms in total. The van der Waals surface area contributed by atoms with Gasteiger partial charge in [-0.25, -0.2) is 0 Å². The fourth-order valence-electron chi connectivity index (χ4n) is 1.84. The summed E-state index contributed by atoms with van der Waals surface area (Å²) in [5, 5.41) is 2.66. The number of nitrogens with zero attached hydrogens (tertiary/aromatic N) is 2. The Balaban J connectivity index is 2.09. The third kappa shape index (κ3) is 2.81. The van der Waals surface area contributed by atoms with Crippen LogP contribution in [0.15, 0.2) is 24.4 Å². The standard InChI is InChI=1S/C12H15N3O2/c1-9-12(17)15(7-5-11(16)14-9)8-10-4-2-3-6-13-10/h2-4,6,9H,5,7-8H2,1H3,(H,14,16). The number of carbonyl (C=O) groups excluding carboxylic acids is 2. The number of nitrogens with one attached hydrogen (secondary N) is 1. The molecular weight excluding hydrogens is 218 g/mol. The van der Waals surface area contributed by atoms with Crippen LogP contribution in [0.5, 0.6) is 0 Å². The van der Waals surface area contributed by atoms with Crippen molar-refractivity contribution in [3.05, 3.63) is 30.1 Å². The van der Waals surface area contributed by atoms with Gasteiger partial charge in [-0.15, -0.1) is 0 Å². The summed E-state index contributed by atoms with van der Waals surface area (Å²) < 4.78 is 0. The first kappa shape index (κ1) is 11.6. The minimum absolute atomic E-state index is 0.0542. The van der Waals surface area contributed by atoms with E-state index in [9.17, 15) is 9.59 Å². The first-order valence-corrected chi connectivity index (χ1v) is 5.65. The van der Waals surface area contributed by atoms with Gasteiger partial charge in [0.25, 0.3) is 0 Å². The van der Waals surface area contributed by atoms with Crippen LogP contribution in [-0.2, 0) is 16.1 Å². The zero-order valence-corrected chi connectivity index (χ0v) is 9.72. The molecular formula is C12H15N3O2. The lowest BCUT2D eigenvalue weighted by Gasteiger charge is -2.21. The van der Waals surface area contributed by atoms with Crippen molar-refractivity contribution in [3.63, 3.8) is 0 Å². The molecule has 90 valence electrons. The second kappa shape index (κ2) is 4.95. The summed E-state index contributed by atoms with van der Waals surface area (Å²) in [6, 6.07) is 5.14. The first-order valence-electron chi connectivity index (χ1n) is 5.65. The Morgan fingerprint density at radius 2 is 2.29 bits per heavy atom. The van der Waals surface area contributed by atoms with Crippen LogP contribution in [0.25, 0.3) is 0 Å². The van der Waals surface area contributed by atoms with Gasteiger partial charge in [-0.1, -0.05) is 6.07 Å². The molecule has 0 spiro atoms. The number of pyridine rings is 1. The molecule has 1 saturated heterocycles. The van der Waals surface area contributed by atoms with Crippen molar-refractivity contribution in [2.24, 2.45) is 0 Å². The Bertz CT molecular complexity index is 419. The van der Waals surface area contributed by atoms with Gasteiger partial charge in [-0.05, 0) is 19.1 Å². The van der Waals surface area contributed by atoms with Crippen molar-refractivity contribution >= 4 is 11.8 Å². The van der Waals surface area contributed by atoms with Crippen LogP contribution in [0.2, 0.25) is 0 Å². The molecule has 0 bridgehead atoms. The molecule has 1 aliphatic heterocycles. The van der Waals surface area contributed by atoms with E-state index in [0.29, 0.717) is 19.5 Å². The molecule has 2 heterocycles. The summed E-state index contributed by atoms with van der Waals surface area (Å²) in [5.41, 5.74) is 0.836. The third-order valence-electron chi connectivity index (χ3n) is 2.75. The lowest BCUT2D eigenvalue weighted by molar-refractivity contribution is -0.133. The maximum Gasteiger partial charge on any atom is 0.245 e. The van der Waals surface area contributed by atoms with E-state index in [4.69, 9.17) is 0 Å². The molecule has 1 unspecified atom stereocenters. The largest absolute Gasteiger partial charge is 0.345 e. The molecule has 0 aromatic carbocycles. The number of hydrogen-bond acceptors (Lipinski definition) is 3. The third-order valence-corrected chi connectivity index (χ3v) is 2.75. The van der Waals surface area contributed by atoms with Crippen LogP contribution in [0.1, 0.15) is 19.0 Å². The van der Waals surface area contributed by atoms with Crippen LogP contribution < -0.4 is 5.32 Å². The summed E-state index contributed by atoms with van der Waals surface area (Å²) in [6.45, 7) is 2.61. The van der Waals surface area contributed by atoms with Crippen LogP contribution >= 0.6 is 0 Å². The van der Waals surface area contributed by atoms with E-state index in [1.165, 1.54) is 0 Å². The van der Waals surface area contributed by atoms with Crippen molar-refractivity contribution < 1.29 is 9.59 Å². The average Bonchev–Trinajstić information content (AvgIpc) is 2.44. The molecule has 1 aliphatic rings. The van der Waals surface area contributed by atoms with E-state index < -0.39 is 6.04 Å². The smallest absolute Gasteiger partial charge is 0.245 e. The molecule has 0 saturated carbocycles. The van der Waals surface area contributed by atoms with E-state index in [-0.39, 0.29) is 11.8 Å². The van der Waals surface area contributed by atoms with Gasteiger partial charge in [0.15, 0.2) is 0 Å². The Labute approximate surface area is 99.8 Å². The summed E-state index contributed by atoms with van der Waals surface area (Å²) in [4.78, 5) is 29.2. The number of hydrogen-bond donors (Lipinski definition) is 1. The SMILES string of the molecule is CC1NC(=O)CCN(Cc2ccccn2)C1=O. The highest BCUT2D eigenvalue weighted by atomic mass is 16.2. The molecule has 2 amide bonds. The van der Waals surface area contributed by atoms with E-state index in [0.717, 1.165) is 5.69 Å². The van der Waals surface area contributed by atoms with Crippen LogP contribution in [0.3, 0.4) is 0 Å². The number of rotatable bonds is 2. The fraction of sp³-hybridized carbons (Fsp3) is 0.417. The quantitative estimate of drug-likeness (QED) is 0.800. The zero-order valence-electron chi connectivity index (χ0n) is 9.72. The van der Waals surface area contributed by atoms with Crippen molar-refractivity contribution in [2.45, 2.75) is 25.9 Å². The normalized spacial score (nSPS) is 21.0. The van der Waals surface area contributed by atoms with Crippen LogP contribution in [-0.4, -0.2) is 34.3 Å². The Morgan fingerprint density at radius 1 is 1.47 bits per heavy atom. The molecule has 5 heteroatoms. The molecule has 1 aromatic rings. The van der Waals surface area contributed by atoms with Gasteiger partial charge in [0.1, 0.15) is 6.04 Å². The van der Waals surface area contributed by atoms with Crippen molar-refractivity contribution in [3.8, 4) is 0 Å². The molecule has 1 aromatic heterocycles. The second-order valence-electron chi connectivity index (χ2n) is 4.12. The van der Waals surface area contributed by atoms with Crippen LogP contribution in [0, 0.1) is 0 Å². The minimum Gasteiger partial charge on any atom is -0.345 e. The summed E-state index contributed by atoms with van der Waals surface area (Å²) >= 11 is 0. The van der Waals surface area contributed by atoms with Crippen molar-refractivity contribution in [1.29, 1.82) is 0 Å². The number of aromatic nitrogens is 1. The monoisotopic (exact) mass is 233 g/mol. The van der Waals surface area contributed by atoms with E-state index in [1.54, 1.807) is 18.0 Å². The van der Waals surface area contributed by atoms with Gasteiger partial charge in [0, 0.05) is 19.2 Å². The topological polar surface area (TPSA) is 62.3 Å². The number of carbonyl (C=O) groups is 2. The summed E-state index contributed by atoms with van der Waals surface area (Å²) in [5.74, 6) is -0.129. The maximum atomic E-state index is 12.0. The highest BCUT2D eigenvalue weighted by molar-refractivity contribution is 5.89. The fourth-order valence-corrected chi connectivity index (χ4v) is 1.84. The van der Waals surface area contributed by atoms with Crippen molar-refractivity contribution in [1.82, 2.24) is 15.2 Å². The second-order valence-corrected chi connectivity index (χ2v) is 4.12. The van der Waals surface area contributed by atoms with E-state index in [2.05, 4.69) is 10.3 Å². The van der Waals surface area contributed by atoms with Crippen molar-refractivity contribution in [2.75, 3.05) is 6.54 Å². The van der Waals surface area contributed by atoms with E-state index >= 15 is 0 Å². The van der Waals surface area contributed by atoms with Crippen LogP contribution in [0.4, 0.5) is 0 Å². The Kier molecular flexibility index (Phi) is 3.37. The predicted molar refractivity (Wildman–Crippen MR) is 61.9 cm³/mol. The summed E-state index contributed by atoms with van der Waals surface area (Å²) in [6.07, 6.45) is 2.05.